The zero-order valence-corrected chi connectivity index (χ0v) is 7.65. The summed E-state index contributed by atoms with van der Waals surface area (Å²) in [6.07, 6.45) is 0.975. The van der Waals surface area contributed by atoms with Crippen molar-refractivity contribution in [2.24, 2.45) is 5.92 Å². The van der Waals surface area contributed by atoms with Crippen molar-refractivity contribution in [1.29, 1.82) is 0 Å². The third kappa shape index (κ3) is 1.43. The van der Waals surface area contributed by atoms with E-state index in [1.807, 2.05) is 20.8 Å². The lowest BCUT2D eigenvalue weighted by atomic mass is 10.2. The number of aliphatic hydroxyl groups is 1. The van der Waals surface area contributed by atoms with E-state index in [0.29, 0.717) is 5.69 Å². The van der Waals surface area contributed by atoms with E-state index < -0.39 is 6.23 Å². The Labute approximate surface area is 72.0 Å². The summed E-state index contributed by atoms with van der Waals surface area (Å²) < 4.78 is 1.54. The Bertz CT molecular complexity index is 267. The highest BCUT2D eigenvalue weighted by Crippen LogP contribution is 2.18. The molecule has 0 aliphatic heterocycles. The fraction of sp³-hybridized carbons (Fsp3) is 0.625. The standard InChI is InChI=1S/C8H15N3O/c1-5(2)8(12)11-6(3)7(9)4-10-11/h4-5,8,12H,9H2,1-3H3. The van der Waals surface area contributed by atoms with Crippen molar-refractivity contribution in [3.63, 3.8) is 0 Å². The Balaban J connectivity index is 2.95. The summed E-state index contributed by atoms with van der Waals surface area (Å²) in [4.78, 5) is 0. The quantitative estimate of drug-likeness (QED) is 0.692. The topological polar surface area (TPSA) is 64.1 Å². The molecule has 0 amide bonds. The second kappa shape index (κ2) is 3.15. The minimum Gasteiger partial charge on any atom is -0.396 e. The van der Waals surface area contributed by atoms with Gasteiger partial charge >= 0.3 is 0 Å². The number of hydrogen-bond donors (Lipinski definition) is 2. The second-order valence-electron chi connectivity index (χ2n) is 3.29. The van der Waals surface area contributed by atoms with Crippen LogP contribution in [0.4, 0.5) is 5.69 Å². The van der Waals surface area contributed by atoms with Gasteiger partial charge in [0.05, 0.1) is 17.6 Å². The monoisotopic (exact) mass is 169 g/mol. The number of anilines is 1. The van der Waals surface area contributed by atoms with E-state index in [0.717, 1.165) is 5.69 Å². The van der Waals surface area contributed by atoms with Gasteiger partial charge in [-0.25, -0.2) is 4.68 Å². The summed E-state index contributed by atoms with van der Waals surface area (Å²) in [5.41, 5.74) is 7.02. The first kappa shape index (κ1) is 9.06. The van der Waals surface area contributed by atoms with Crippen LogP contribution in [0.2, 0.25) is 0 Å². The van der Waals surface area contributed by atoms with E-state index in [2.05, 4.69) is 5.10 Å². The molecule has 0 bridgehead atoms. The van der Waals surface area contributed by atoms with E-state index in [4.69, 9.17) is 5.73 Å². The Morgan fingerprint density at radius 1 is 1.58 bits per heavy atom. The summed E-state index contributed by atoms with van der Waals surface area (Å²) in [5, 5.41) is 13.6. The third-order valence-electron chi connectivity index (χ3n) is 1.93. The first-order chi connectivity index (χ1) is 5.54. The lowest BCUT2D eigenvalue weighted by molar-refractivity contribution is 0.0430. The summed E-state index contributed by atoms with van der Waals surface area (Å²) in [7, 11) is 0. The number of aliphatic hydroxyl groups excluding tert-OH is 1. The molecule has 1 heterocycles. The molecule has 1 rings (SSSR count). The second-order valence-corrected chi connectivity index (χ2v) is 3.29. The van der Waals surface area contributed by atoms with Gasteiger partial charge in [0.2, 0.25) is 0 Å². The lowest BCUT2D eigenvalue weighted by Crippen LogP contribution is -2.17. The molecule has 3 N–H and O–H groups in total. The van der Waals surface area contributed by atoms with Crippen LogP contribution < -0.4 is 5.73 Å². The number of nitrogens with zero attached hydrogens (tertiary/aromatic N) is 2. The van der Waals surface area contributed by atoms with Gasteiger partial charge in [0.1, 0.15) is 6.23 Å². The molecular formula is C8H15N3O. The van der Waals surface area contributed by atoms with Gasteiger partial charge in [0.15, 0.2) is 0 Å². The first-order valence-corrected chi connectivity index (χ1v) is 4.01. The van der Waals surface area contributed by atoms with Crippen LogP contribution in [0.15, 0.2) is 6.20 Å². The Morgan fingerprint density at radius 2 is 2.17 bits per heavy atom. The minimum absolute atomic E-state index is 0.142. The zero-order valence-electron chi connectivity index (χ0n) is 7.65. The van der Waals surface area contributed by atoms with Gasteiger partial charge < -0.3 is 10.8 Å². The van der Waals surface area contributed by atoms with Gasteiger partial charge in [0, 0.05) is 0 Å². The van der Waals surface area contributed by atoms with Crippen LogP contribution in [0.5, 0.6) is 0 Å². The van der Waals surface area contributed by atoms with Crippen molar-refractivity contribution in [2.45, 2.75) is 27.0 Å². The predicted molar refractivity (Wildman–Crippen MR) is 47.5 cm³/mol. The van der Waals surface area contributed by atoms with E-state index in [1.54, 1.807) is 10.9 Å². The molecule has 0 saturated heterocycles. The van der Waals surface area contributed by atoms with E-state index in [9.17, 15) is 5.11 Å². The van der Waals surface area contributed by atoms with Crippen molar-refractivity contribution < 1.29 is 5.11 Å². The molecule has 4 heteroatoms. The zero-order chi connectivity index (χ0) is 9.30. The third-order valence-corrected chi connectivity index (χ3v) is 1.93. The highest BCUT2D eigenvalue weighted by atomic mass is 16.3. The van der Waals surface area contributed by atoms with Crippen molar-refractivity contribution in [2.75, 3.05) is 5.73 Å². The van der Waals surface area contributed by atoms with Crippen molar-refractivity contribution in [3.05, 3.63) is 11.9 Å². The lowest BCUT2D eigenvalue weighted by Gasteiger charge is -2.16. The highest BCUT2D eigenvalue weighted by molar-refractivity contribution is 5.39. The van der Waals surface area contributed by atoms with Crippen LogP contribution in [0, 0.1) is 12.8 Å². The van der Waals surface area contributed by atoms with Crippen LogP contribution in [0.25, 0.3) is 0 Å². The summed E-state index contributed by atoms with van der Waals surface area (Å²) in [6.45, 7) is 5.71. The summed E-state index contributed by atoms with van der Waals surface area (Å²) in [6, 6.07) is 0. The van der Waals surface area contributed by atoms with Gasteiger partial charge in [0.25, 0.3) is 0 Å². The van der Waals surface area contributed by atoms with E-state index >= 15 is 0 Å². The SMILES string of the molecule is Cc1c(N)cnn1C(O)C(C)C. The molecule has 1 aromatic heterocycles. The number of hydrogen-bond acceptors (Lipinski definition) is 3. The van der Waals surface area contributed by atoms with Gasteiger partial charge in [-0.3, -0.25) is 0 Å². The first-order valence-electron chi connectivity index (χ1n) is 4.01. The smallest absolute Gasteiger partial charge is 0.149 e. The van der Waals surface area contributed by atoms with Crippen molar-refractivity contribution >= 4 is 5.69 Å². The average Bonchev–Trinajstić information content (AvgIpc) is 2.32. The summed E-state index contributed by atoms with van der Waals surface area (Å²) in [5.74, 6) is 0.142. The normalized spacial score (nSPS) is 13.8. The molecule has 0 spiro atoms. The molecule has 0 saturated carbocycles. The van der Waals surface area contributed by atoms with E-state index in [-0.39, 0.29) is 5.92 Å². The summed E-state index contributed by atoms with van der Waals surface area (Å²) >= 11 is 0. The number of nitrogens with two attached hydrogens (primary N) is 1. The largest absolute Gasteiger partial charge is 0.396 e. The molecule has 1 aromatic rings. The molecule has 0 aromatic carbocycles. The van der Waals surface area contributed by atoms with Crippen LogP contribution >= 0.6 is 0 Å². The molecular weight excluding hydrogens is 154 g/mol. The maximum Gasteiger partial charge on any atom is 0.149 e. The van der Waals surface area contributed by atoms with Crippen LogP contribution in [-0.2, 0) is 0 Å². The molecule has 0 aliphatic rings. The molecule has 1 atom stereocenters. The van der Waals surface area contributed by atoms with Gasteiger partial charge in [-0.2, -0.15) is 5.10 Å². The van der Waals surface area contributed by atoms with Gasteiger partial charge in [-0.05, 0) is 12.8 Å². The van der Waals surface area contributed by atoms with Crippen molar-refractivity contribution in [3.8, 4) is 0 Å². The maximum atomic E-state index is 9.64. The molecule has 12 heavy (non-hydrogen) atoms. The number of nitrogen functional groups attached to an aromatic ring is 1. The number of rotatable bonds is 2. The van der Waals surface area contributed by atoms with Gasteiger partial charge in [-0.15, -0.1) is 0 Å². The van der Waals surface area contributed by atoms with E-state index in [1.165, 1.54) is 0 Å². The molecule has 0 aliphatic carbocycles. The number of aromatic nitrogens is 2. The molecule has 4 nitrogen and oxygen atoms in total. The molecule has 68 valence electrons. The Kier molecular flexibility index (Phi) is 2.38. The average molecular weight is 169 g/mol. The fourth-order valence-corrected chi connectivity index (χ4v) is 0.986. The predicted octanol–water partition coefficient (Wildman–Crippen LogP) is 0.921. The molecule has 0 radical (unpaired) electrons. The van der Waals surface area contributed by atoms with Crippen LogP contribution in [0.1, 0.15) is 25.8 Å². The Hall–Kier alpha value is -1.03. The minimum atomic E-state index is -0.581. The molecule has 1 unspecified atom stereocenters. The maximum absolute atomic E-state index is 9.64. The van der Waals surface area contributed by atoms with Crippen LogP contribution in [-0.4, -0.2) is 14.9 Å². The van der Waals surface area contributed by atoms with Crippen LogP contribution in [0.3, 0.4) is 0 Å². The van der Waals surface area contributed by atoms with Gasteiger partial charge in [-0.1, -0.05) is 13.8 Å². The Morgan fingerprint density at radius 3 is 2.50 bits per heavy atom. The fourth-order valence-electron chi connectivity index (χ4n) is 0.986. The molecule has 0 fully saturated rings. The van der Waals surface area contributed by atoms with Crippen molar-refractivity contribution in [1.82, 2.24) is 9.78 Å². The highest BCUT2D eigenvalue weighted by Gasteiger charge is 2.14.